The molecule has 2 aromatic carbocycles. The summed E-state index contributed by atoms with van der Waals surface area (Å²) in [6.07, 6.45) is 2.80. The molecule has 0 aliphatic carbocycles. The fourth-order valence-electron chi connectivity index (χ4n) is 2.79. The SMILES string of the molecule is COc1cccc(/C=C/C(=O)OCC(=O)N[C@H](C)c2ccc(C)c(C)c2)c1OC. The number of amides is 1. The zero-order valence-corrected chi connectivity index (χ0v) is 17.4. The van der Waals surface area contributed by atoms with E-state index in [1.165, 1.54) is 25.9 Å². The Labute approximate surface area is 171 Å². The number of carbonyl (C=O) groups is 2. The van der Waals surface area contributed by atoms with E-state index in [0.29, 0.717) is 17.1 Å². The van der Waals surface area contributed by atoms with E-state index in [1.54, 1.807) is 24.3 Å². The Bertz CT molecular complexity index is 904. The molecular weight excluding hydrogens is 370 g/mol. The standard InChI is InChI=1S/C23H27NO5/c1-15-9-10-19(13-16(15)2)17(3)24-21(25)14-29-22(26)12-11-18-7-6-8-20(27-4)23(18)28-5/h6-13,17H,14H2,1-5H3,(H,24,25)/b12-11+/t17-/m1/s1. The van der Waals surface area contributed by atoms with Crippen LogP contribution in [0.15, 0.2) is 42.5 Å². The second-order valence-corrected chi connectivity index (χ2v) is 6.66. The fraction of sp³-hybridized carbons (Fsp3) is 0.304. The quantitative estimate of drug-likeness (QED) is 0.542. The van der Waals surface area contributed by atoms with Crippen molar-refractivity contribution >= 4 is 18.0 Å². The molecular formula is C23H27NO5. The van der Waals surface area contributed by atoms with Crippen molar-refractivity contribution in [1.82, 2.24) is 5.32 Å². The molecule has 6 heteroatoms. The van der Waals surface area contributed by atoms with Gasteiger partial charge in [0.1, 0.15) is 0 Å². The summed E-state index contributed by atoms with van der Waals surface area (Å²) in [6.45, 7) is 5.60. The first-order chi connectivity index (χ1) is 13.8. The number of rotatable bonds is 8. The zero-order chi connectivity index (χ0) is 21.4. The minimum absolute atomic E-state index is 0.183. The van der Waals surface area contributed by atoms with Crippen LogP contribution in [0.2, 0.25) is 0 Å². The molecule has 0 bridgehead atoms. The fourth-order valence-corrected chi connectivity index (χ4v) is 2.79. The number of aryl methyl sites for hydroxylation is 2. The van der Waals surface area contributed by atoms with E-state index < -0.39 is 5.97 Å². The molecule has 6 nitrogen and oxygen atoms in total. The van der Waals surface area contributed by atoms with Crippen LogP contribution in [-0.2, 0) is 14.3 Å². The van der Waals surface area contributed by atoms with Crippen molar-refractivity contribution in [2.75, 3.05) is 20.8 Å². The number of para-hydroxylation sites is 1. The van der Waals surface area contributed by atoms with E-state index in [9.17, 15) is 9.59 Å². The van der Waals surface area contributed by atoms with Crippen LogP contribution in [0.25, 0.3) is 6.08 Å². The van der Waals surface area contributed by atoms with E-state index in [2.05, 4.69) is 5.32 Å². The van der Waals surface area contributed by atoms with Gasteiger partial charge in [0.25, 0.3) is 5.91 Å². The zero-order valence-electron chi connectivity index (χ0n) is 17.4. The molecule has 0 aliphatic rings. The number of hydrogen-bond donors (Lipinski definition) is 1. The Morgan fingerprint density at radius 3 is 2.48 bits per heavy atom. The lowest BCUT2D eigenvalue weighted by atomic mass is 10.0. The maximum Gasteiger partial charge on any atom is 0.331 e. The van der Waals surface area contributed by atoms with Crippen LogP contribution in [0.1, 0.15) is 35.2 Å². The van der Waals surface area contributed by atoms with Gasteiger partial charge < -0.3 is 19.5 Å². The Balaban J connectivity index is 1.89. The van der Waals surface area contributed by atoms with Crippen LogP contribution in [0, 0.1) is 13.8 Å². The van der Waals surface area contributed by atoms with Crippen molar-refractivity contribution < 1.29 is 23.8 Å². The highest BCUT2D eigenvalue weighted by Crippen LogP contribution is 2.31. The van der Waals surface area contributed by atoms with Gasteiger partial charge in [-0.25, -0.2) is 4.79 Å². The van der Waals surface area contributed by atoms with Crippen LogP contribution < -0.4 is 14.8 Å². The van der Waals surface area contributed by atoms with E-state index in [-0.39, 0.29) is 18.6 Å². The van der Waals surface area contributed by atoms with Gasteiger partial charge in [-0.2, -0.15) is 0 Å². The Hall–Kier alpha value is -3.28. The molecule has 0 aliphatic heterocycles. The summed E-state index contributed by atoms with van der Waals surface area (Å²) in [5.74, 6) is 0.0852. The topological polar surface area (TPSA) is 73.9 Å². The number of esters is 1. The van der Waals surface area contributed by atoms with Crippen molar-refractivity contribution in [3.8, 4) is 11.5 Å². The third-order valence-corrected chi connectivity index (χ3v) is 4.59. The predicted octanol–water partition coefficient (Wildman–Crippen LogP) is 3.75. The predicted molar refractivity (Wildman–Crippen MR) is 112 cm³/mol. The van der Waals surface area contributed by atoms with Crippen LogP contribution in [-0.4, -0.2) is 32.7 Å². The lowest BCUT2D eigenvalue weighted by molar-refractivity contribution is -0.144. The van der Waals surface area contributed by atoms with Crippen molar-refractivity contribution in [3.05, 3.63) is 64.7 Å². The first-order valence-corrected chi connectivity index (χ1v) is 9.28. The summed E-state index contributed by atoms with van der Waals surface area (Å²) in [5, 5.41) is 2.83. The smallest absolute Gasteiger partial charge is 0.331 e. The Morgan fingerprint density at radius 2 is 1.83 bits per heavy atom. The lowest BCUT2D eigenvalue weighted by Crippen LogP contribution is -2.31. The molecule has 1 amide bonds. The van der Waals surface area contributed by atoms with E-state index in [1.807, 2.05) is 39.0 Å². The van der Waals surface area contributed by atoms with Gasteiger partial charge in [-0.15, -0.1) is 0 Å². The minimum atomic E-state index is -0.621. The van der Waals surface area contributed by atoms with E-state index in [4.69, 9.17) is 14.2 Å². The average molecular weight is 397 g/mol. The Kier molecular flexibility index (Phi) is 7.83. The van der Waals surface area contributed by atoms with Gasteiger partial charge in [0, 0.05) is 11.6 Å². The maximum atomic E-state index is 12.1. The largest absolute Gasteiger partial charge is 0.493 e. The monoisotopic (exact) mass is 397 g/mol. The normalized spacial score (nSPS) is 11.8. The van der Waals surface area contributed by atoms with E-state index in [0.717, 1.165) is 11.1 Å². The maximum absolute atomic E-state index is 12.1. The highest BCUT2D eigenvalue weighted by atomic mass is 16.5. The summed E-state index contributed by atoms with van der Waals surface area (Å²) in [7, 11) is 3.06. The second-order valence-electron chi connectivity index (χ2n) is 6.66. The van der Waals surface area contributed by atoms with Gasteiger partial charge in [-0.3, -0.25) is 4.79 Å². The van der Waals surface area contributed by atoms with Gasteiger partial charge in [-0.05, 0) is 49.6 Å². The molecule has 1 N–H and O–H groups in total. The van der Waals surface area contributed by atoms with Crippen LogP contribution in [0.5, 0.6) is 11.5 Å². The summed E-state index contributed by atoms with van der Waals surface area (Å²) in [6, 6.07) is 11.2. The van der Waals surface area contributed by atoms with Crippen LogP contribution in [0.4, 0.5) is 0 Å². The molecule has 0 heterocycles. The van der Waals surface area contributed by atoms with E-state index >= 15 is 0 Å². The highest BCUT2D eigenvalue weighted by Gasteiger charge is 2.12. The molecule has 1 atom stereocenters. The molecule has 154 valence electrons. The number of hydrogen-bond acceptors (Lipinski definition) is 5. The summed E-state index contributed by atoms with van der Waals surface area (Å²) in [5.41, 5.74) is 4.02. The molecule has 0 fully saturated rings. The summed E-state index contributed by atoms with van der Waals surface area (Å²) in [4.78, 5) is 24.0. The number of nitrogens with one attached hydrogen (secondary N) is 1. The molecule has 0 unspecified atom stereocenters. The summed E-state index contributed by atoms with van der Waals surface area (Å²) < 4.78 is 15.6. The molecule has 0 spiro atoms. The number of ether oxygens (including phenoxy) is 3. The van der Waals surface area contributed by atoms with Crippen molar-refractivity contribution in [2.45, 2.75) is 26.8 Å². The Morgan fingerprint density at radius 1 is 1.07 bits per heavy atom. The second kappa shape index (κ2) is 10.3. The first-order valence-electron chi connectivity index (χ1n) is 9.28. The third kappa shape index (κ3) is 6.10. The van der Waals surface area contributed by atoms with Gasteiger partial charge in [0.15, 0.2) is 18.1 Å². The lowest BCUT2D eigenvalue weighted by Gasteiger charge is -2.15. The number of carbonyl (C=O) groups excluding carboxylic acids is 2. The van der Waals surface area contributed by atoms with Crippen molar-refractivity contribution in [2.24, 2.45) is 0 Å². The van der Waals surface area contributed by atoms with Gasteiger partial charge in [0.2, 0.25) is 0 Å². The number of methoxy groups -OCH3 is 2. The first kappa shape index (κ1) is 22.0. The van der Waals surface area contributed by atoms with Crippen molar-refractivity contribution in [1.29, 1.82) is 0 Å². The highest BCUT2D eigenvalue weighted by molar-refractivity contribution is 5.90. The summed E-state index contributed by atoms with van der Waals surface area (Å²) >= 11 is 0. The third-order valence-electron chi connectivity index (χ3n) is 4.59. The van der Waals surface area contributed by atoms with Gasteiger partial charge in [0.05, 0.1) is 20.3 Å². The molecule has 0 aromatic heterocycles. The average Bonchev–Trinajstić information content (AvgIpc) is 2.72. The molecule has 0 radical (unpaired) electrons. The van der Waals surface area contributed by atoms with Gasteiger partial charge >= 0.3 is 5.97 Å². The molecule has 2 rings (SSSR count). The minimum Gasteiger partial charge on any atom is -0.493 e. The van der Waals surface area contributed by atoms with Gasteiger partial charge in [-0.1, -0.05) is 30.3 Å². The number of benzene rings is 2. The molecule has 0 saturated heterocycles. The van der Waals surface area contributed by atoms with Crippen LogP contribution >= 0.6 is 0 Å². The molecule has 2 aromatic rings. The van der Waals surface area contributed by atoms with Crippen molar-refractivity contribution in [3.63, 3.8) is 0 Å². The van der Waals surface area contributed by atoms with Crippen LogP contribution in [0.3, 0.4) is 0 Å². The molecule has 0 saturated carbocycles. The molecule has 29 heavy (non-hydrogen) atoms.